The summed E-state index contributed by atoms with van der Waals surface area (Å²) in [5, 5.41) is 4.16. The van der Waals surface area contributed by atoms with E-state index >= 15 is 0 Å². The number of aromatic nitrogens is 3. The maximum Gasteiger partial charge on any atom is 0.231 e. The number of pyridine rings is 1. The second kappa shape index (κ2) is 6.53. The van der Waals surface area contributed by atoms with Gasteiger partial charge in [0.2, 0.25) is 11.7 Å². The summed E-state index contributed by atoms with van der Waals surface area (Å²) in [6.45, 7) is 4.98. The van der Waals surface area contributed by atoms with Crippen LogP contribution in [0.1, 0.15) is 29.4 Å². The molecule has 0 unspecified atom stereocenters. The molecule has 1 aliphatic heterocycles. The number of likely N-dealkylation sites (tertiary alicyclic amines) is 1. The van der Waals surface area contributed by atoms with Crippen LogP contribution < -0.4 is 0 Å². The lowest BCUT2D eigenvalue weighted by Gasteiger charge is -2.14. The molecule has 122 valence electrons. The number of benzene rings is 1. The summed E-state index contributed by atoms with van der Waals surface area (Å²) in [7, 11) is 0. The molecule has 1 atom stereocenters. The SMILES string of the molecule is Cc1ccc(-c2noc([C@H]3CCN(Cc4cccnc4)C3)n2)cc1. The second-order valence-corrected chi connectivity index (χ2v) is 6.40. The number of nitrogens with zero attached hydrogens (tertiary/aromatic N) is 4. The van der Waals surface area contributed by atoms with Gasteiger partial charge in [0.15, 0.2) is 0 Å². The van der Waals surface area contributed by atoms with Gasteiger partial charge >= 0.3 is 0 Å². The molecule has 1 aliphatic rings. The topological polar surface area (TPSA) is 55.1 Å². The van der Waals surface area contributed by atoms with Crippen molar-refractivity contribution in [3.63, 3.8) is 0 Å². The molecule has 5 heteroatoms. The smallest absolute Gasteiger partial charge is 0.231 e. The Morgan fingerprint density at radius 2 is 2.08 bits per heavy atom. The molecular formula is C19H20N4O. The lowest BCUT2D eigenvalue weighted by atomic mass is 10.1. The quantitative estimate of drug-likeness (QED) is 0.737. The summed E-state index contributed by atoms with van der Waals surface area (Å²) < 4.78 is 5.53. The molecule has 2 aromatic heterocycles. The molecule has 0 N–H and O–H groups in total. The average Bonchev–Trinajstić information content (AvgIpc) is 3.26. The summed E-state index contributed by atoms with van der Waals surface area (Å²) in [5.41, 5.74) is 3.47. The van der Waals surface area contributed by atoms with E-state index in [4.69, 9.17) is 4.52 Å². The molecule has 3 aromatic rings. The molecule has 0 amide bonds. The standard InChI is InChI=1S/C19H20N4O/c1-14-4-6-16(7-5-14)18-21-19(24-22-18)17-8-10-23(13-17)12-15-3-2-9-20-11-15/h2-7,9,11,17H,8,10,12-13H2,1H3/t17-/m0/s1. The van der Waals surface area contributed by atoms with Crippen molar-refractivity contribution >= 4 is 0 Å². The first kappa shape index (κ1) is 15.0. The maximum absolute atomic E-state index is 5.53. The maximum atomic E-state index is 5.53. The van der Waals surface area contributed by atoms with Crippen molar-refractivity contribution < 1.29 is 4.52 Å². The molecule has 1 fully saturated rings. The first-order chi connectivity index (χ1) is 11.8. The van der Waals surface area contributed by atoms with E-state index in [0.29, 0.717) is 11.7 Å². The first-order valence-electron chi connectivity index (χ1n) is 8.30. The number of hydrogen-bond donors (Lipinski definition) is 0. The minimum absolute atomic E-state index is 0.313. The van der Waals surface area contributed by atoms with E-state index in [1.165, 1.54) is 11.1 Å². The van der Waals surface area contributed by atoms with E-state index in [0.717, 1.165) is 37.5 Å². The third kappa shape index (κ3) is 3.21. The van der Waals surface area contributed by atoms with Crippen LogP contribution in [0.3, 0.4) is 0 Å². The van der Waals surface area contributed by atoms with Gasteiger partial charge in [-0.05, 0) is 31.5 Å². The van der Waals surface area contributed by atoms with Crippen LogP contribution in [0.5, 0.6) is 0 Å². The van der Waals surface area contributed by atoms with Crippen molar-refractivity contribution in [3.05, 3.63) is 65.8 Å². The molecule has 4 rings (SSSR count). The minimum atomic E-state index is 0.313. The van der Waals surface area contributed by atoms with Gasteiger partial charge in [-0.3, -0.25) is 9.88 Å². The summed E-state index contributed by atoms with van der Waals surface area (Å²) in [4.78, 5) is 11.2. The average molecular weight is 320 g/mol. The Labute approximate surface area is 141 Å². The number of rotatable bonds is 4. The fourth-order valence-electron chi connectivity index (χ4n) is 3.15. The van der Waals surface area contributed by atoms with Gasteiger partial charge in [0.1, 0.15) is 0 Å². The molecule has 0 aliphatic carbocycles. The molecule has 1 saturated heterocycles. The normalized spacial score (nSPS) is 18.1. The zero-order chi connectivity index (χ0) is 16.4. The monoisotopic (exact) mass is 320 g/mol. The lowest BCUT2D eigenvalue weighted by Crippen LogP contribution is -2.19. The van der Waals surface area contributed by atoms with Gasteiger partial charge in [-0.2, -0.15) is 4.98 Å². The fourth-order valence-corrected chi connectivity index (χ4v) is 3.15. The van der Waals surface area contributed by atoms with Crippen molar-refractivity contribution in [1.82, 2.24) is 20.0 Å². The number of aryl methyl sites for hydroxylation is 1. The Morgan fingerprint density at radius 3 is 2.88 bits per heavy atom. The molecule has 0 bridgehead atoms. The van der Waals surface area contributed by atoms with Crippen molar-refractivity contribution in [1.29, 1.82) is 0 Å². The van der Waals surface area contributed by atoms with E-state index in [1.54, 1.807) is 6.20 Å². The predicted octanol–water partition coefficient (Wildman–Crippen LogP) is 3.43. The Hall–Kier alpha value is -2.53. The fraction of sp³-hybridized carbons (Fsp3) is 0.316. The second-order valence-electron chi connectivity index (χ2n) is 6.40. The molecular weight excluding hydrogens is 300 g/mol. The zero-order valence-electron chi connectivity index (χ0n) is 13.7. The molecule has 24 heavy (non-hydrogen) atoms. The first-order valence-corrected chi connectivity index (χ1v) is 8.30. The molecule has 3 heterocycles. The van der Waals surface area contributed by atoms with E-state index in [9.17, 15) is 0 Å². The third-order valence-electron chi connectivity index (χ3n) is 4.50. The van der Waals surface area contributed by atoms with Gasteiger partial charge in [-0.25, -0.2) is 0 Å². The molecule has 0 saturated carbocycles. The summed E-state index contributed by atoms with van der Waals surface area (Å²) in [6.07, 6.45) is 4.78. The lowest BCUT2D eigenvalue weighted by molar-refractivity contribution is 0.309. The van der Waals surface area contributed by atoms with Gasteiger partial charge in [0.25, 0.3) is 0 Å². The predicted molar refractivity (Wildman–Crippen MR) is 91.3 cm³/mol. The van der Waals surface area contributed by atoms with E-state index < -0.39 is 0 Å². The van der Waals surface area contributed by atoms with Gasteiger partial charge in [-0.15, -0.1) is 0 Å². The van der Waals surface area contributed by atoms with Crippen molar-refractivity contribution in [2.75, 3.05) is 13.1 Å². The Balaban J connectivity index is 1.43. The highest BCUT2D eigenvalue weighted by molar-refractivity contribution is 5.54. The van der Waals surface area contributed by atoms with Crippen LogP contribution in [0.2, 0.25) is 0 Å². The van der Waals surface area contributed by atoms with E-state index in [1.807, 2.05) is 24.4 Å². The van der Waals surface area contributed by atoms with Crippen LogP contribution in [0, 0.1) is 6.92 Å². The largest absolute Gasteiger partial charge is 0.339 e. The highest BCUT2D eigenvalue weighted by atomic mass is 16.5. The van der Waals surface area contributed by atoms with Crippen LogP contribution in [0.4, 0.5) is 0 Å². The van der Waals surface area contributed by atoms with Crippen LogP contribution in [0.15, 0.2) is 53.3 Å². The molecule has 0 spiro atoms. The van der Waals surface area contributed by atoms with Crippen LogP contribution >= 0.6 is 0 Å². The molecule has 0 radical (unpaired) electrons. The Morgan fingerprint density at radius 1 is 1.21 bits per heavy atom. The van der Waals surface area contributed by atoms with Gasteiger partial charge in [-0.1, -0.05) is 41.1 Å². The minimum Gasteiger partial charge on any atom is -0.339 e. The van der Waals surface area contributed by atoms with Crippen molar-refractivity contribution in [3.8, 4) is 11.4 Å². The van der Waals surface area contributed by atoms with Gasteiger partial charge in [0.05, 0.1) is 5.92 Å². The van der Waals surface area contributed by atoms with Crippen LogP contribution in [-0.4, -0.2) is 33.1 Å². The Kier molecular flexibility index (Phi) is 4.09. The van der Waals surface area contributed by atoms with Crippen LogP contribution in [-0.2, 0) is 6.54 Å². The summed E-state index contributed by atoms with van der Waals surface area (Å²) in [6, 6.07) is 12.3. The van der Waals surface area contributed by atoms with Gasteiger partial charge in [0, 0.05) is 31.0 Å². The van der Waals surface area contributed by atoms with Crippen LogP contribution in [0.25, 0.3) is 11.4 Å². The third-order valence-corrected chi connectivity index (χ3v) is 4.50. The van der Waals surface area contributed by atoms with Crippen molar-refractivity contribution in [2.45, 2.75) is 25.8 Å². The summed E-state index contributed by atoms with van der Waals surface area (Å²) in [5.74, 6) is 1.74. The molecule has 5 nitrogen and oxygen atoms in total. The Bertz CT molecular complexity index is 798. The number of hydrogen-bond acceptors (Lipinski definition) is 5. The summed E-state index contributed by atoms with van der Waals surface area (Å²) >= 11 is 0. The zero-order valence-corrected chi connectivity index (χ0v) is 13.7. The molecule has 1 aromatic carbocycles. The van der Waals surface area contributed by atoms with Crippen molar-refractivity contribution in [2.24, 2.45) is 0 Å². The van der Waals surface area contributed by atoms with E-state index in [-0.39, 0.29) is 0 Å². The highest BCUT2D eigenvalue weighted by Gasteiger charge is 2.28. The highest BCUT2D eigenvalue weighted by Crippen LogP contribution is 2.28. The van der Waals surface area contributed by atoms with Gasteiger partial charge < -0.3 is 4.52 Å². The van der Waals surface area contributed by atoms with E-state index in [2.05, 4.69) is 45.1 Å².